The molecule has 242 valence electrons. The van der Waals surface area contributed by atoms with Gasteiger partial charge in [0.25, 0.3) is 0 Å². The molecule has 12 rings (SSSR count). The van der Waals surface area contributed by atoms with Crippen molar-refractivity contribution in [1.29, 1.82) is 0 Å². The lowest BCUT2D eigenvalue weighted by Crippen LogP contribution is -2.07. The molecule has 4 aromatic heterocycles. The van der Waals surface area contributed by atoms with E-state index in [0.717, 1.165) is 94.4 Å². The molecule has 0 aliphatic carbocycles. The molecule has 6 heteroatoms. The van der Waals surface area contributed by atoms with Gasteiger partial charge in [-0.05, 0) is 59.3 Å². The van der Waals surface area contributed by atoms with Gasteiger partial charge >= 0.3 is 0 Å². The van der Waals surface area contributed by atoms with Crippen molar-refractivity contribution in [3.05, 3.63) is 158 Å². The summed E-state index contributed by atoms with van der Waals surface area (Å²) in [4.78, 5) is 10.6. The number of benzene rings is 7. The zero-order chi connectivity index (χ0) is 33.9. The highest BCUT2D eigenvalue weighted by Crippen LogP contribution is 2.49. The fourth-order valence-corrected chi connectivity index (χ4v) is 8.29. The summed E-state index contributed by atoms with van der Waals surface area (Å²) in [6.45, 7) is 0. The van der Waals surface area contributed by atoms with E-state index in [4.69, 9.17) is 19.1 Å². The minimum atomic E-state index is 0.643. The van der Waals surface area contributed by atoms with Gasteiger partial charge in [-0.25, -0.2) is 9.97 Å². The highest BCUT2D eigenvalue weighted by atomic mass is 16.5. The van der Waals surface area contributed by atoms with E-state index in [1.54, 1.807) is 0 Å². The van der Waals surface area contributed by atoms with Crippen LogP contribution in [-0.4, -0.2) is 19.1 Å². The van der Waals surface area contributed by atoms with Crippen LogP contribution in [-0.2, 0) is 0 Å². The number of aromatic nitrogens is 4. The molecule has 0 atom stereocenters. The minimum Gasteiger partial charge on any atom is -0.453 e. The number of hydrogen-bond donors (Lipinski definition) is 0. The van der Waals surface area contributed by atoms with Gasteiger partial charge in [-0.2, -0.15) is 0 Å². The monoisotopic (exact) mass is 666 g/mol. The fraction of sp³-hybridized carbons (Fsp3) is 0. The molecular weight excluding hydrogens is 641 g/mol. The molecule has 0 saturated heterocycles. The van der Waals surface area contributed by atoms with Gasteiger partial charge in [0.05, 0.1) is 16.7 Å². The third-order valence-electron chi connectivity index (χ3n) is 10.5. The van der Waals surface area contributed by atoms with Crippen LogP contribution in [0.5, 0.6) is 11.5 Å². The molecule has 11 aromatic rings. The van der Waals surface area contributed by atoms with Gasteiger partial charge in [0.2, 0.25) is 0 Å². The second-order valence-corrected chi connectivity index (χ2v) is 13.4. The zero-order valence-corrected chi connectivity index (χ0v) is 27.6. The first-order chi connectivity index (χ1) is 25.8. The zero-order valence-electron chi connectivity index (χ0n) is 27.6. The van der Waals surface area contributed by atoms with Crippen molar-refractivity contribution < 1.29 is 9.15 Å². The van der Waals surface area contributed by atoms with E-state index in [9.17, 15) is 0 Å². The first kappa shape index (κ1) is 27.6. The lowest BCUT2D eigenvalue weighted by molar-refractivity contribution is 0.476. The lowest BCUT2D eigenvalue weighted by atomic mass is 10.0. The quantitative estimate of drug-likeness (QED) is 0.188. The van der Waals surface area contributed by atoms with Gasteiger partial charge in [0, 0.05) is 38.4 Å². The molecule has 0 bridgehead atoms. The average molecular weight is 667 g/mol. The molecule has 6 nitrogen and oxygen atoms in total. The molecule has 7 aromatic carbocycles. The number of hydrogen-bond acceptors (Lipinski definition) is 4. The van der Waals surface area contributed by atoms with Crippen molar-refractivity contribution in [3.63, 3.8) is 0 Å². The second-order valence-electron chi connectivity index (χ2n) is 13.4. The fourth-order valence-electron chi connectivity index (χ4n) is 8.29. The molecule has 0 radical (unpaired) electrons. The Morgan fingerprint density at radius 3 is 2.23 bits per heavy atom. The summed E-state index contributed by atoms with van der Waals surface area (Å²) in [6, 6.07) is 54.7. The number of ether oxygens (including phenoxy) is 1. The summed E-state index contributed by atoms with van der Waals surface area (Å²) < 4.78 is 17.7. The first-order valence-corrected chi connectivity index (χ1v) is 17.4. The van der Waals surface area contributed by atoms with Crippen molar-refractivity contribution in [3.8, 4) is 45.5 Å². The maximum atomic E-state index is 6.52. The molecule has 1 aliphatic heterocycles. The van der Waals surface area contributed by atoms with Gasteiger partial charge < -0.3 is 9.15 Å². The van der Waals surface area contributed by atoms with Gasteiger partial charge in [0.1, 0.15) is 22.4 Å². The summed E-state index contributed by atoms with van der Waals surface area (Å²) in [5.74, 6) is 2.33. The van der Waals surface area contributed by atoms with Crippen LogP contribution in [0.4, 0.5) is 0 Å². The Labute approximate surface area is 296 Å². The Morgan fingerprint density at radius 1 is 0.538 bits per heavy atom. The van der Waals surface area contributed by atoms with Crippen LogP contribution >= 0.6 is 0 Å². The number of furan rings is 1. The van der Waals surface area contributed by atoms with Crippen LogP contribution in [0.3, 0.4) is 0 Å². The Balaban J connectivity index is 1.20. The smallest absolute Gasteiger partial charge is 0.180 e. The van der Waals surface area contributed by atoms with E-state index in [2.05, 4.69) is 137 Å². The number of fused-ring (bicyclic) bond motifs is 11. The van der Waals surface area contributed by atoms with Crippen LogP contribution in [0.25, 0.3) is 99.7 Å². The SMILES string of the molecule is c1ccc(-n2c3cc(-c4nc(-c5cccc6ccccc56)c5oc6ccccc6c5n4)ccc3c3c4cccc5c4n(c32)-c2ccccc2O5)cc1. The molecule has 0 fully saturated rings. The first-order valence-electron chi connectivity index (χ1n) is 17.4. The molecule has 52 heavy (non-hydrogen) atoms. The Kier molecular flexibility index (Phi) is 5.41. The maximum Gasteiger partial charge on any atom is 0.180 e. The molecular formula is C46H26N4O2. The minimum absolute atomic E-state index is 0.643. The number of rotatable bonds is 3. The largest absolute Gasteiger partial charge is 0.453 e. The van der Waals surface area contributed by atoms with Gasteiger partial charge in [0.15, 0.2) is 22.9 Å². The molecule has 1 aliphatic rings. The summed E-state index contributed by atoms with van der Waals surface area (Å²) in [5.41, 5.74) is 10.3. The van der Waals surface area contributed by atoms with E-state index < -0.39 is 0 Å². The summed E-state index contributed by atoms with van der Waals surface area (Å²) in [7, 11) is 0. The lowest BCUT2D eigenvalue weighted by Gasteiger charge is -2.21. The van der Waals surface area contributed by atoms with Crippen molar-refractivity contribution in [2.45, 2.75) is 0 Å². The second kappa shape index (κ2) is 10.2. The normalized spacial score (nSPS) is 12.4. The van der Waals surface area contributed by atoms with Crippen molar-refractivity contribution >= 4 is 65.7 Å². The van der Waals surface area contributed by atoms with Crippen molar-refractivity contribution in [2.75, 3.05) is 0 Å². The Hall–Kier alpha value is -7.18. The van der Waals surface area contributed by atoms with Gasteiger partial charge in [-0.3, -0.25) is 9.13 Å². The number of nitrogens with zero attached hydrogens (tertiary/aromatic N) is 4. The van der Waals surface area contributed by atoms with Crippen LogP contribution < -0.4 is 4.74 Å². The molecule has 5 heterocycles. The van der Waals surface area contributed by atoms with E-state index >= 15 is 0 Å². The van der Waals surface area contributed by atoms with E-state index in [1.807, 2.05) is 30.3 Å². The van der Waals surface area contributed by atoms with Crippen molar-refractivity contribution in [1.82, 2.24) is 19.1 Å². The predicted octanol–water partition coefficient (Wildman–Crippen LogP) is 12.0. The Morgan fingerprint density at radius 2 is 1.29 bits per heavy atom. The summed E-state index contributed by atoms with van der Waals surface area (Å²) in [5, 5.41) is 6.70. The molecule has 0 amide bonds. The summed E-state index contributed by atoms with van der Waals surface area (Å²) >= 11 is 0. The Bertz CT molecular complexity index is 3270. The van der Waals surface area contributed by atoms with E-state index in [1.165, 1.54) is 5.39 Å². The van der Waals surface area contributed by atoms with Crippen LogP contribution in [0.1, 0.15) is 0 Å². The van der Waals surface area contributed by atoms with Gasteiger partial charge in [-0.15, -0.1) is 0 Å². The van der Waals surface area contributed by atoms with Crippen LogP contribution in [0, 0.1) is 0 Å². The molecule has 0 saturated carbocycles. The van der Waals surface area contributed by atoms with Crippen LogP contribution in [0.2, 0.25) is 0 Å². The average Bonchev–Trinajstić information content (AvgIpc) is 3.86. The highest BCUT2D eigenvalue weighted by Gasteiger charge is 2.29. The standard InChI is InChI=1S/C46H26N4O2/c1-2-14-29(15-3-1)49-36-26-28(24-25-32(36)40-34-19-11-23-39-43(34)50(46(40)49)35-20-7-9-22-38(35)51-39)45-47-41(31-18-10-13-27-12-4-5-16-30(27)31)44-42(48-45)33-17-6-8-21-37(33)52-44/h1-26H. The third kappa shape index (κ3) is 3.67. The molecule has 0 spiro atoms. The summed E-state index contributed by atoms with van der Waals surface area (Å²) in [6.07, 6.45) is 0. The van der Waals surface area contributed by atoms with Gasteiger partial charge in [-0.1, -0.05) is 109 Å². The maximum absolute atomic E-state index is 6.52. The van der Waals surface area contributed by atoms with Crippen LogP contribution in [0.15, 0.2) is 162 Å². The van der Waals surface area contributed by atoms with Crippen molar-refractivity contribution in [2.24, 2.45) is 0 Å². The number of para-hydroxylation sites is 5. The third-order valence-corrected chi connectivity index (χ3v) is 10.5. The molecule has 0 N–H and O–H groups in total. The van der Waals surface area contributed by atoms with E-state index in [0.29, 0.717) is 11.4 Å². The topological polar surface area (TPSA) is 58.0 Å². The predicted molar refractivity (Wildman–Crippen MR) is 209 cm³/mol. The van der Waals surface area contributed by atoms with E-state index in [-0.39, 0.29) is 0 Å². The highest BCUT2D eigenvalue weighted by molar-refractivity contribution is 6.24. The molecule has 0 unspecified atom stereocenters.